The first-order valence-corrected chi connectivity index (χ1v) is 19.5. The van der Waals surface area contributed by atoms with E-state index in [9.17, 15) is 22.8 Å². The third kappa shape index (κ3) is 7.78. The molecule has 1 saturated heterocycles. The van der Waals surface area contributed by atoms with Crippen LogP contribution in [0.1, 0.15) is 85.9 Å². The number of benzene rings is 1. The SMILES string of the molecule is C=CC1CC1(NC(=O)C1C(C)C(Oc2cc(C(=C)N=C(C)C(C)C)nc3c(C)c(OC)ccc23)CN1C(=O)OC(C)(C)C)C(=O)NS(=O)(=O)C1(C)CC1. The Bertz CT molecular complexity index is 2000. The fraction of sp³-hybridized carbons (Fsp3) is 0.564. The number of nitrogens with zero attached hydrogens (tertiary/aromatic N) is 3. The molecule has 3 fully saturated rings. The number of carbonyl (C=O) groups excluding carboxylic acids is 3. The lowest BCUT2D eigenvalue weighted by atomic mass is 9.98. The maximum Gasteiger partial charge on any atom is 0.411 e. The maximum absolute atomic E-state index is 14.3. The molecule has 3 aliphatic rings. The Morgan fingerprint density at radius 3 is 2.38 bits per heavy atom. The van der Waals surface area contributed by atoms with Crippen molar-refractivity contribution in [2.45, 2.75) is 110 Å². The van der Waals surface area contributed by atoms with Crippen LogP contribution in [-0.2, 0) is 24.3 Å². The van der Waals surface area contributed by atoms with Crippen LogP contribution in [-0.4, -0.2) is 83.6 Å². The Morgan fingerprint density at radius 2 is 1.83 bits per heavy atom. The van der Waals surface area contributed by atoms with Crippen molar-refractivity contribution in [3.63, 3.8) is 0 Å². The second-order valence-corrected chi connectivity index (χ2v) is 18.3. The second kappa shape index (κ2) is 14.1. The number of rotatable bonds is 12. The summed E-state index contributed by atoms with van der Waals surface area (Å²) in [6, 6.07) is 4.29. The van der Waals surface area contributed by atoms with E-state index in [4.69, 9.17) is 24.2 Å². The van der Waals surface area contributed by atoms with Gasteiger partial charge in [-0.2, -0.15) is 0 Å². The van der Waals surface area contributed by atoms with E-state index in [0.29, 0.717) is 46.6 Å². The lowest BCUT2D eigenvalue weighted by Crippen LogP contribution is -2.58. The molecule has 288 valence electrons. The normalized spacial score (nSPS) is 25.1. The number of amides is 3. The number of ether oxygens (including phenoxy) is 3. The molecule has 13 nitrogen and oxygen atoms in total. The van der Waals surface area contributed by atoms with Gasteiger partial charge >= 0.3 is 6.09 Å². The van der Waals surface area contributed by atoms with E-state index >= 15 is 0 Å². The predicted octanol–water partition coefficient (Wildman–Crippen LogP) is 5.70. The highest BCUT2D eigenvalue weighted by Gasteiger charge is 2.63. The number of fused-ring (bicyclic) bond motifs is 1. The molecule has 14 heteroatoms. The number of methoxy groups -OCH3 is 1. The van der Waals surface area contributed by atoms with Gasteiger partial charge in [-0.1, -0.05) is 33.4 Å². The van der Waals surface area contributed by atoms with Crippen LogP contribution >= 0.6 is 0 Å². The number of sulfonamides is 1. The van der Waals surface area contributed by atoms with Crippen LogP contribution in [0.15, 0.2) is 42.4 Å². The summed E-state index contributed by atoms with van der Waals surface area (Å²) in [6.45, 7) is 24.4. The van der Waals surface area contributed by atoms with Crippen LogP contribution in [0.4, 0.5) is 4.79 Å². The van der Waals surface area contributed by atoms with Gasteiger partial charge in [-0.25, -0.2) is 18.2 Å². The predicted molar refractivity (Wildman–Crippen MR) is 204 cm³/mol. The zero-order valence-electron chi connectivity index (χ0n) is 32.5. The van der Waals surface area contributed by atoms with Crippen LogP contribution < -0.4 is 19.5 Å². The Labute approximate surface area is 312 Å². The van der Waals surface area contributed by atoms with Crippen LogP contribution in [0.2, 0.25) is 0 Å². The van der Waals surface area contributed by atoms with Gasteiger partial charge in [0.15, 0.2) is 0 Å². The molecule has 5 atom stereocenters. The van der Waals surface area contributed by atoms with Crippen molar-refractivity contribution in [2.75, 3.05) is 13.7 Å². The average molecular weight is 752 g/mol. The van der Waals surface area contributed by atoms with Gasteiger partial charge in [0.1, 0.15) is 34.8 Å². The minimum absolute atomic E-state index is 0.0230. The lowest BCUT2D eigenvalue weighted by molar-refractivity contribution is -0.132. The third-order valence-corrected chi connectivity index (χ3v) is 12.8. The molecule has 1 aromatic heterocycles. The quantitative estimate of drug-likeness (QED) is 0.204. The zero-order chi connectivity index (χ0) is 39.4. The van der Waals surface area contributed by atoms with Crippen LogP contribution in [0.25, 0.3) is 16.6 Å². The van der Waals surface area contributed by atoms with E-state index in [0.717, 1.165) is 11.3 Å². The molecular weight excluding hydrogens is 699 g/mol. The van der Waals surface area contributed by atoms with E-state index in [1.165, 1.54) is 11.0 Å². The Kier molecular flexibility index (Phi) is 10.6. The first kappa shape index (κ1) is 39.7. The smallest absolute Gasteiger partial charge is 0.411 e. The van der Waals surface area contributed by atoms with E-state index in [1.54, 1.807) is 47.8 Å². The summed E-state index contributed by atoms with van der Waals surface area (Å²) in [4.78, 5) is 52.6. The molecule has 2 aliphatic carbocycles. The molecule has 0 spiro atoms. The minimum Gasteiger partial charge on any atom is -0.496 e. The number of aliphatic imine (C=N–C) groups is 1. The van der Waals surface area contributed by atoms with Gasteiger partial charge < -0.3 is 19.5 Å². The fourth-order valence-corrected chi connectivity index (χ4v) is 7.82. The average Bonchev–Trinajstić information content (AvgIpc) is 3.97. The second-order valence-electron chi connectivity index (χ2n) is 16.1. The molecular formula is C39H53N5O8S. The number of carbonyl (C=O) groups is 3. The highest BCUT2D eigenvalue weighted by atomic mass is 32.2. The minimum atomic E-state index is -3.98. The highest BCUT2D eigenvalue weighted by Crippen LogP contribution is 2.47. The molecule has 53 heavy (non-hydrogen) atoms. The fourth-order valence-electron chi connectivity index (χ4n) is 6.51. The van der Waals surface area contributed by atoms with Crippen molar-refractivity contribution in [1.82, 2.24) is 19.9 Å². The number of aromatic nitrogens is 1. The van der Waals surface area contributed by atoms with Crippen LogP contribution in [0, 0.1) is 24.7 Å². The molecule has 0 radical (unpaired) electrons. The standard InChI is InChI=1S/C39H53N5O8S/c1-13-26-19-39(26,35(46)43-53(48,49)38(11)16-17-38)42-34(45)33-23(5)31(20-44(33)36(47)52-37(8,9)10)51-30-18-28(25(7)40-24(6)21(2)3)41-32-22(4)29(50-12)15-14-27(30)32/h13-15,18,21,23,26,31,33H,1,7,16-17,19-20H2,2-6,8-12H3,(H,42,45)(H,43,46). The zero-order valence-corrected chi connectivity index (χ0v) is 33.3. The van der Waals surface area contributed by atoms with Crippen molar-refractivity contribution < 1.29 is 37.0 Å². The van der Waals surface area contributed by atoms with Gasteiger partial charge in [-0.3, -0.25) is 24.2 Å². The van der Waals surface area contributed by atoms with Gasteiger partial charge in [0.25, 0.3) is 5.91 Å². The highest BCUT2D eigenvalue weighted by molar-refractivity contribution is 7.91. The van der Waals surface area contributed by atoms with E-state index < -0.39 is 67.8 Å². The van der Waals surface area contributed by atoms with Crippen molar-refractivity contribution in [2.24, 2.45) is 22.7 Å². The number of likely N-dealkylation sites (tertiary alicyclic amines) is 1. The molecule has 0 bridgehead atoms. The van der Waals surface area contributed by atoms with Gasteiger partial charge in [-0.05, 0) is 78.9 Å². The summed E-state index contributed by atoms with van der Waals surface area (Å²) in [5.74, 6) is -1.32. The van der Waals surface area contributed by atoms with Gasteiger partial charge in [-0.15, -0.1) is 6.58 Å². The summed E-state index contributed by atoms with van der Waals surface area (Å²) in [5.41, 5.74) is 0.793. The van der Waals surface area contributed by atoms with Crippen molar-refractivity contribution in [3.8, 4) is 11.5 Å². The molecule has 5 unspecified atom stereocenters. The molecule has 1 aromatic carbocycles. The molecule has 2 aromatic rings. The number of nitrogens with one attached hydrogen (secondary N) is 2. The summed E-state index contributed by atoms with van der Waals surface area (Å²) >= 11 is 0. The Balaban J connectivity index is 1.51. The van der Waals surface area contributed by atoms with Crippen LogP contribution in [0.5, 0.6) is 11.5 Å². The molecule has 2 heterocycles. The molecule has 3 amide bonds. The molecule has 2 saturated carbocycles. The lowest BCUT2D eigenvalue weighted by Gasteiger charge is -2.30. The Morgan fingerprint density at radius 1 is 1.17 bits per heavy atom. The number of hydrogen-bond donors (Lipinski definition) is 2. The monoisotopic (exact) mass is 751 g/mol. The third-order valence-electron chi connectivity index (χ3n) is 10.7. The molecule has 5 rings (SSSR count). The van der Waals surface area contributed by atoms with Gasteiger partial charge in [0.2, 0.25) is 15.9 Å². The molecule has 1 aliphatic heterocycles. The van der Waals surface area contributed by atoms with Crippen molar-refractivity contribution >= 4 is 50.2 Å². The number of hydrogen-bond acceptors (Lipinski definition) is 10. The van der Waals surface area contributed by atoms with Gasteiger partial charge in [0, 0.05) is 34.6 Å². The first-order chi connectivity index (χ1) is 24.6. The Hall–Kier alpha value is -4.46. The topological polar surface area (TPSA) is 166 Å². The number of pyridine rings is 1. The van der Waals surface area contributed by atoms with E-state index in [2.05, 4.69) is 23.2 Å². The summed E-state index contributed by atoms with van der Waals surface area (Å²) in [7, 11) is -2.39. The summed E-state index contributed by atoms with van der Waals surface area (Å²) in [5, 5.41) is 3.51. The van der Waals surface area contributed by atoms with Crippen LogP contribution in [0.3, 0.4) is 0 Å². The summed E-state index contributed by atoms with van der Waals surface area (Å²) < 4.78 is 45.2. The summed E-state index contributed by atoms with van der Waals surface area (Å²) in [6.07, 6.45) is 1.10. The van der Waals surface area contributed by atoms with E-state index in [1.807, 2.05) is 39.8 Å². The first-order valence-electron chi connectivity index (χ1n) is 18.0. The molecule has 2 N–H and O–H groups in total. The van der Waals surface area contributed by atoms with E-state index in [-0.39, 0.29) is 18.9 Å². The van der Waals surface area contributed by atoms with Crippen molar-refractivity contribution in [1.29, 1.82) is 0 Å². The number of aryl methyl sites for hydroxylation is 1. The van der Waals surface area contributed by atoms with Gasteiger partial charge in [0.05, 0.1) is 35.3 Å². The largest absolute Gasteiger partial charge is 0.496 e. The maximum atomic E-state index is 14.3. The van der Waals surface area contributed by atoms with Crippen molar-refractivity contribution in [3.05, 3.63) is 48.7 Å².